The Kier molecular flexibility index (Phi) is 11.1. The van der Waals surface area contributed by atoms with Gasteiger partial charge in [-0.25, -0.2) is 0 Å². The highest BCUT2D eigenvalue weighted by Gasteiger charge is 2.32. The Morgan fingerprint density at radius 2 is 1.75 bits per heavy atom. The first-order valence-corrected chi connectivity index (χ1v) is 11.6. The standard InChI is InChI=1S/C23H30F6N2O5/c1-2-34-20(32)7-5-11-31(13-16-6-3-4-10-30-16)21(33)18-12-17(35-14-22(24,25)26)8-9-19(18)36-15-23(27,28)29/h8-9,12,16,30H,2-7,10-11,13-15H2,1H3. The number of carbonyl (C=O) groups excluding carboxylic acids is 2. The lowest BCUT2D eigenvalue weighted by Crippen LogP contribution is -2.46. The first-order chi connectivity index (χ1) is 16.9. The molecule has 0 aromatic heterocycles. The van der Waals surface area contributed by atoms with Crippen LogP contribution in [0.5, 0.6) is 11.5 Å². The highest BCUT2D eigenvalue weighted by atomic mass is 19.4. The van der Waals surface area contributed by atoms with E-state index in [0.29, 0.717) is 0 Å². The van der Waals surface area contributed by atoms with E-state index in [1.54, 1.807) is 6.92 Å². The van der Waals surface area contributed by atoms with E-state index in [9.17, 15) is 35.9 Å². The summed E-state index contributed by atoms with van der Waals surface area (Å²) in [6.45, 7) is -0.495. The first-order valence-electron chi connectivity index (χ1n) is 11.6. The number of rotatable bonds is 12. The third-order valence-corrected chi connectivity index (χ3v) is 5.23. The second-order valence-corrected chi connectivity index (χ2v) is 8.27. The largest absolute Gasteiger partial charge is 0.484 e. The summed E-state index contributed by atoms with van der Waals surface area (Å²) in [4.78, 5) is 26.5. The topological polar surface area (TPSA) is 77.1 Å². The molecule has 1 aromatic carbocycles. The van der Waals surface area contributed by atoms with E-state index >= 15 is 0 Å². The Balaban J connectivity index is 2.29. The number of ether oxygens (including phenoxy) is 3. The molecule has 1 unspecified atom stereocenters. The van der Waals surface area contributed by atoms with Crippen molar-refractivity contribution in [3.05, 3.63) is 23.8 Å². The van der Waals surface area contributed by atoms with Gasteiger partial charge in [0.05, 0.1) is 12.2 Å². The molecule has 1 amide bonds. The van der Waals surface area contributed by atoms with Crippen LogP contribution in [0.15, 0.2) is 18.2 Å². The lowest BCUT2D eigenvalue weighted by molar-refractivity contribution is -0.154. The van der Waals surface area contributed by atoms with Gasteiger partial charge >= 0.3 is 18.3 Å². The Bertz CT molecular complexity index is 856. The van der Waals surface area contributed by atoms with E-state index < -0.39 is 43.2 Å². The van der Waals surface area contributed by atoms with Gasteiger partial charge < -0.3 is 24.4 Å². The van der Waals surface area contributed by atoms with Gasteiger partial charge in [0.2, 0.25) is 0 Å². The molecule has 0 spiro atoms. The molecule has 1 N–H and O–H groups in total. The molecule has 1 aliphatic heterocycles. The second kappa shape index (κ2) is 13.6. The van der Waals surface area contributed by atoms with Crippen molar-refractivity contribution in [2.24, 2.45) is 0 Å². The molecule has 7 nitrogen and oxygen atoms in total. The minimum Gasteiger partial charge on any atom is -0.484 e. The van der Waals surface area contributed by atoms with E-state index in [4.69, 9.17) is 9.47 Å². The molecule has 0 aliphatic carbocycles. The van der Waals surface area contributed by atoms with Gasteiger partial charge in [0.15, 0.2) is 13.2 Å². The molecule has 1 fully saturated rings. The number of hydrogen-bond donors (Lipinski definition) is 1. The number of carbonyl (C=O) groups is 2. The average molecular weight is 528 g/mol. The van der Waals surface area contributed by atoms with Crippen molar-refractivity contribution in [3.8, 4) is 11.5 Å². The number of benzene rings is 1. The van der Waals surface area contributed by atoms with Crippen molar-refractivity contribution >= 4 is 11.9 Å². The Hall–Kier alpha value is -2.70. The summed E-state index contributed by atoms with van der Waals surface area (Å²) in [6.07, 6.45) is -6.47. The summed E-state index contributed by atoms with van der Waals surface area (Å²) in [6, 6.07) is 2.82. The fraction of sp³-hybridized carbons (Fsp3) is 0.652. The Labute approximate surface area is 205 Å². The van der Waals surface area contributed by atoms with Crippen LogP contribution in [0.4, 0.5) is 26.3 Å². The average Bonchev–Trinajstić information content (AvgIpc) is 2.80. The van der Waals surface area contributed by atoms with Gasteiger partial charge in [0, 0.05) is 25.6 Å². The fourth-order valence-corrected chi connectivity index (χ4v) is 3.66. The lowest BCUT2D eigenvalue weighted by atomic mass is 10.0. The summed E-state index contributed by atoms with van der Waals surface area (Å²) in [5, 5.41) is 3.27. The molecule has 0 saturated carbocycles. The summed E-state index contributed by atoms with van der Waals surface area (Å²) in [7, 11) is 0. The van der Waals surface area contributed by atoms with E-state index in [1.807, 2.05) is 0 Å². The van der Waals surface area contributed by atoms with E-state index in [0.717, 1.165) is 44.0 Å². The number of alkyl halides is 6. The van der Waals surface area contributed by atoms with Crippen molar-refractivity contribution in [1.29, 1.82) is 0 Å². The number of halogens is 6. The van der Waals surface area contributed by atoms with Crippen LogP contribution in [0.3, 0.4) is 0 Å². The van der Waals surface area contributed by atoms with Gasteiger partial charge in [0.1, 0.15) is 11.5 Å². The van der Waals surface area contributed by atoms with Crippen molar-refractivity contribution < 1.29 is 50.1 Å². The molecule has 1 saturated heterocycles. The van der Waals surface area contributed by atoms with Gasteiger partial charge in [-0.1, -0.05) is 6.42 Å². The van der Waals surface area contributed by atoms with Crippen LogP contribution in [-0.4, -0.2) is 74.6 Å². The maximum Gasteiger partial charge on any atom is 0.422 e. The molecule has 204 valence electrons. The van der Waals surface area contributed by atoms with Gasteiger partial charge in [-0.3, -0.25) is 9.59 Å². The number of esters is 1. The minimum absolute atomic E-state index is 0.0158. The van der Waals surface area contributed by atoms with Gasteiger partial charge in [0.25, 0.3) is 5.91 Å². The number of hydrogen-bond acceptors (Lipinski definition) is 6. The van der Waals surface area contributed by atoms with Crippen molar-refractivity contribution in [3.63, 3.8) is 0 Å². The molecule has 1 heterocycles. The number of piperidine rings is 1. The summed E-state index contributed by atoms with van der Waals surface area (Å²) in [5.74, 6) is -2.00. The highest BCUT2D eigenvalue weighted by molar-refractivity contribution is 5.97. The maximum absolute atomic E-state index is 13.5. The van der Waals surface area contributed by atoms with Crippen LogP contribution in [-0.2, 0) is 9.53 Å². The number of nitrogens with one attached hydrogen (secondary N) is 1. The zero-order valence-electron chi connectivity index (χ0n) is 19.8. The normalized spacial score (nSPS) is 16.4. The molecule has 1 aliphatic rings. The first kappa shape index (κ1) is 29.5. The maximum atomic E-state index is 13.5. The van der Waals surface area contributed by atoms with Gasteiger partial charge in [-0.2, -0.15) is 26.3 Å². The van der Waals surface area contributed by atoms with Crippen LogP contribution in [0.1, 0.15) is 49.4 Å². The Morgan fingerprint density at radius 1 is 1.06 bits per heavy atom. The fourth-order valence-electron chi connectivity index (χ4n) is 3.66. The van der Waals surface area contributed by atoms with Crippen LogP contribution in [0.25, 0.3) is 0 Å². The molecule has 1 atom stereocenters. The zero-order chi connectivity index (χ0) is 26.8. The molecular weight excluding hydrogens is 498 g/mol. The van der Waals surface area contributed by atoms with Crippen molar-refractivity contribution in [1.82, 2.24) is 10.2 Å². The van der Waals surface area contributed by atoms with Crippen LogP contribution in [0.2, 0.25) is 0 Å². The van der Waals surface area contributed by atoms with Crippen LogP contribution in [0, 0.1) is 0 Å². The Morgan fingerprint density at radius 3 is 2.36 bits per heavy atom. The van der Waals surface area contributed by atoms with Crippen LogP contribution >= 0.6 is 0 Å². The smallest absolute Gasteiger partial charge is 0.422 e. The van der Waals surface area contributed by atoms with Crippen molar-refractivity contribution in [2.45, 2.75) is 57.4 Å². The van der Waals surface area contributed by atoms with Gasteiger partial charge in [-0.05, 0) is 50.9 Å². The van der Waals surface area contributed by atoms with Gasteiger partial charge in [-0.15, -0.1) is 0 Å². The van der Waals surface area contributed by atoms with Crippen molar-refractivity contribution in [2.75, 3.05) is 39.5 Å². The second-order valence-electron chi connectivity index (χ2n) is 8.27. The molecule has 2 rings (SSSR count). The summed E-state index contributed by atoms with van der Waals surface area (Å²) >= 11 is 0. The molecule has 0 radical (unpaired) electrons. The molecule has 13 heteroatoms. The number of amides is 1. The third-order valence-electron chi connectivity index (χ3n) is 5.23. The quantitative estimate of drug-likeness (QED) is 0.318. The molecule has 0 bridgehead atoms. The minimum atomic E-state index is -4.70. The molecule has 1 aromatic rings. The SMILES string of the molecule is CCOC(=O)CCCN(CC1CCCCN1)C(=O)c1cc(OCC(F)(F)F)ccc1OCC(F)(F)F. The van der Waals surface area contributed by atoms with E-state index in [-0.39, 0.29) is 49.9 Å². The molecule has 36 heavy (non-hydrogen) atoms. The predicted octanol–water partition coefficient (Wildman–Crippen LogP) is 4.50. The molecular formula is C23H30F6N2O5. The summed E-state index contributed by atoms with van der Waals surface area (Å²) < 4.78 is 90.4. The van der Waals surface area contributed by atoms with E-state index in [1.165, 1.54) is 4.90 Å². The lowest BCUT2D eigenvalue weighted by Gasteiger charge is -2.31. The highest BCUT2D eigenvalue weighted by Crippen LogP contribution is 2.29. The van der Waals surface area contributed by atoms with Crippen LogP contribution < -0.4 is 14.8 Å². The third kappa shape index (κ3) is 10.9. The monoisotopic (exact) mass is 528 g/mol. The van der Waals surface area contributed by atoms with E-state index in [2.05, 4.69) is 10.1 Å². The summed E-state index contributed by atoms with van der Waals surface area (Å²) in [5.41, 5.74) is -0.370. The zero-order valence-corrected chi connectivity index (χ0v) is 19.8. The predicted molar refractivity (Wildman–Crippen MR) is 117 cm³/mol. The number of nitrogens with zero attached hydrogens (tertiary/aromatic N) is 1.